The lowest BCUT2D eigenvalue weighted by Gasteiger charge is -2.29. The summed E-state index contributed by atoms with van der Waals surface area (Å²) < 4.78 is 5.39. The molecule has 2 rings (SSSR count). The maximum atomic E-state index is 11.9. The predicted molar refractivity (Wildman–Crippen MR) is 72.9 cm³/mol. The van der Waals surface area contributed by atoms with Crippen LogP contribution in [0.5, 0.6) is 5.75 Å². The summed E-state index contributed by atoms with van der Waals surface area (Å²) in [7, 11) is 0. The highest BCUT2D eigenvalue weighted by Crippen LogP contribution is 2.32. The number of hydrogen-bond acceptors (Lipinski definition) is 3. The van der Waals surface area contributed by atoms with Crippen LogP contribution in [0, 0.1) is 16.7 Å². The van der Waals surface area contributed by atoms with Crippen molar-refractivity contribution in [3.05, 3.63) is 24.3 Å². The van der Waals surface area contributed by atoms with Crippen LogP contribution in [0.2, 0.25) is 0 Å². The molecule has 0 saturated heterocycles. The van der Waals surface area contributed by atoms with E-state index in [2.05, 4.69) is 6.07 Å². The van der Waals surface area contributed by atoms with Gasteiger partial charge >= 0.3 is 0 Å². The number of fused-ring (bicyclic) bond motifs is 1. The first-order valence-electron chi connectivity index (χ1n) is 6.47. The lowest BCUT2D eigenvalue weighted by Crippen LogP contribution is -2.39. The van der Waals surface area contributed by atoms with E-state index in [-0.39, 0.29) is 17.9 Å². The van der Waals surface area contributed by atoms with Gasteiger partial charge in [0.25, 0.3) is 5.91 Å². The Morgan fingerprint density at radius 2 is 2.16 bits per heavy atom. The van der Waals surface area contributed by atoms with Gasteiger partial charge in [-0.25, -0.2) is 0 Å². The normalized spacial score (nSPS) is 14.6. The first-order valence-corrected chi connectivity index (χ1v) is 6.47. The van der Waals surface area contributed by atoms with Gasteiger partial charge in [-0.2, -0.15) is 5.26 Å². The molecule has 100 valence electrons. The molecule has 0 fully saturated rings. The number of rotatable bonds is 4. The maximum Gasteiger partial charge on any atom is 0.265 e. The van der Waals surface area contributed by atoms with Gasteiger partial charge < -0.3 is 9.64 Å². The largest absolute Gasteiger partial charge is 0.482 e. The second kappa shape index (κ2) is 5.31. The summed E-state index contributed by atoms with van der Waals surface area (Å²) in [6.45, 7) is 4.56. The summed E-state index contributed by atoms with van der Waals surface area (Å²) in [4.78, 5) is 13.7. The van der Waals surface area contributed by atoms with Crippen LogP contribution in [0.25, 0.3) is 0 Å². The molecule has 0 unspecified atom stereocenters. The quantitative estimate of drug-likeness (QED) is 0.834. The van der Waals surface area contributed by atoms with E-state index in [1.807, 2.05) is 38.1 Å². The molecule has 1 heterocycles. The molecular formula is C15H18N2O2. The zero-order chi connectivity index (χ0) is 13.9. The van der Waals surface area contributed by atoms with Gasteiger partial charge in [-0.15, -0.1) is 0 Å². The number of nitriles is 1. The Labute approximate surface area is 113 Å². The molecule has 0 bridgehead atoms. The SMILES string of the molecule is CC(C)(C#N)CCCN1C(=O)COc2ccccc21. The van der Waals surface area contributed by atoms with E-state index >= 15 is 0 Å². The Balaban J connectivity index is 2.04. The van der Waals surface area contributed by atoms with Crippen molar-refractivity contribution < 1.29 is 9.53 Å². The molecule has 4 heteroatoms. The molecule has 19 heavy (non-hydrogen) atoms. The third-order valence-electron chi connectivity index (χ3n) is 3.29. The Bertz CT molecular complexity index is 517. The number of para-hydroxylation sites is 2. The van der Waals surface area contributed by atoms with E-state index in [9.17, 15) is 4.79 Å². The van der Waals surface area contributed by atoms with E-state index < -0.39 is 0 Å². The summed E-state index contributed by atoms with van der Waals surface area (Å²) in [5.41, 5.74) is 0.489. The van der Waals surface area contributed by atoms with Crippen molar-refractivity contribution in [1.29, 1.82) is 5.26 Å². The highest BCUT2D eigenvalue weighted by atomic mass is 16.5. The molecule has 1 aromatic rings. The minimum absolute atomic E-state index is 0.0199. The Kier molecular flexibility index (Phi) is 3.75. The molecule has 0 atom stereocenters. The fourth-order valence-electron chi connectivity index (χ4n) is 2.13. The van der Waals surface area contributed by atoms with Gasteiger partial charge in [-0.05, 0) is 38.8 Å². The van der Waals surface area contributed by atoms with E-state index in [1.54, 1.807) is 4.90 Å². The van der Waals surface area contributed by atoms with Crippen molar-refractivity contribution in [2.45, 2.75) is 26.7 Å². The van der Waals surface area contributed by atoms with Crippen molar-refractivity contribution in [3.8, 4) is 11.8 Å². The van der Waals surface area contributed by atoms with Gasteiger partial charge in [0, 0.05) is 6.54 Å². The zero-order valence-electron chi connectivity index (χ0n) is 11.3. The molecule has 4 nitrogen and oxygen atoms in total. The van der Waals surface area contributed by atoms with Crippen molar-refractivity contribution >= 4 is 11.6 Å². The molecule has 0 radical (unpaired) electrons. The number of carbonyl (C=O) groups is 1. The summed E-state index contributed by atoms with van der Waals surface area (Å²) in [5, 5.41) is 8.99. The zero-order valence-corrected chi connectivity index (χ0v) is 11.3. The molecule has 1 amide bonds. The smallest absolute Gasteiger partial charge is 0.265 e. The van der Waals surface area contributed by atoms with Crippen LogP contribution in [0.15, 0.2) is 24.3 Å². The summed E-state index contributed by atoms with van der Waals surface area (Å²) >= 11 is 0. The van der Waals surface area contributed by atoms with E-state index in [0.717, 1.165) is 24.3 Å². The van der Waals surface area contributed by atoms with E-state index in [0.29, 0.717) is 6.54 Å². The molecular weight excluding hydrogens is 240 g/mol. The standard InChI is InChI=1S/C15H18N2O2/c1-15(2,11-16)8-5-9-17-12-6-3-4-7-13(12)19-10-14(17)18/h3-4,6-7H,5,8-10H2,1-2H3. The third kappa shape index (κ3) is 3.05. The topological polar surface area (TPSA) is 53.3 Å². The number of nitrogens with zero attached hydrogens (tertiary/aromatic N) is 2. The maximum absolute atomic E-state index is 11.9. The average Bonchev–Trinajstić information content (AvgIpc) is 2.41. The molecule has 0 saturated carbocycles. The van der Waals surface area contributed by atoms with Crippen LogP contribution in [0.4, 0.5) is 5.69 Å². The van der Waals surface area contributed by atoms with E-state index in [1.165, 1.54) is 0 Å². The van der Waals surface area contributed by atoms with Crippen LogP contribution >= 0.6 is 0 Å². The number of hydrogen-bond donors (Lipinski definition) is 0. The van der Waals surface area contributed by atoms with Crippen molar-refractivity contribution in [3.63, 3.8) is 0 Å². The lowest BCUT2D eigenvalue weighted by molar-refractivity contribution is -0.121. The highest BCUT2D eigenvalue weighted by Gasteiger charge is 2.25. The van der Waals surface area contributed by atoms with Crippen LogP contribution in [-0.4, -0.2) is 19.1 Å². The molecule has 0 aromatic heterocycles. The van der Waals surface area contributed by atoms with Gasteiger partial charge in [-0.1, -0.05) is 12.1 Å². The van der Waals surface area contributed by atoms with Crippen molar-refractivity contribution in [1.82, 2.24) is 0 Å². The number of anilines is 1. The first-order chi connectivity index (χ1) is 9.03. The van der Waals surface area contributed by atoms with Crippen molar-refractivity contribution in [2.24, 2.45) is 5.41 Å². The number of benzene rings is 1. The van der Waals surface area contributed by atoms with Crippen LogP contribution in [0.3, 0.4) is 0 Å². The van der Waals surface area contributed by atoms with Crippen molar-refractivity contribution in [2.75, 3.05) is 18.1 Å². The van der Waals surface area contributed by atoms with Gasteiger partial charge in [0.05, 0.1) is 17.2 Å². The Morgan fingerprint density at radius 3 is 2.89 bits per heavy atom. The van der Waals surface area contributed by atoms with Crippen LogP contribution in [0.1, 0.15) is 26.7 Å². The lowest BCUT2D eigenvalue weighted by atomic mass is 9.90. The number of amides is 1. The van der Waals surface area contributed by atoms with Crippen LogP contribution < -0.4 is 9.64 Å². The van der Waals surface area contributed by atoms with Gasteiger partial charge in [0.1, 0.15) is 5.75 Å². The summed E-state index contributed by atoms with van der Waals surface area (Å²) in [5.74, 6) is 0.732. The fraction of sp³-hybridized carbons (Fsp3) is 0.467. The molecule has 1 aliphatic heterocycles. The molecule has 0 spiro atoms. The second-order valence-corrected chi connectivity index (χ2v) is 5.40. The number of ether oxygens (including phenoxy) is 1. The van der Waals surface area contributed by atoms with Gasteiger partial charge in [0.2, 0.25) is 0 Å². The molecule has 0 aliphatic carbocycles. The monoisotopic (exact) mass is 258 g/mol. The highest BCUT2D eigenvalue weighted by molar-refractivity contribution is 5.97. The van der Waals surface area contributed by atoms with E-state index in [4.69, 9.17) is 10.00 Å². The first kappa shape index (κ1) is 13.4. The fourth-order valence-corrected chi connectivity index (χ4v) is 2.13. The Morgan fingerprint density at radius 1 is 1.42 bits per heavy atom. The third-order valence-corrected chi connectivity index (χ3v) is 3.29. The average molecular weight is 258 g/mol. The minimum Gasteiger partial charge on any atom is -0.482 e. The predicted octanol–water partition coefficient (Wildman–Crippen LogP) is 2.74. The Hall–Kier alpha value is -2.02. The van der Waals surface area contributed by atoms with Gasteiger partial charge in [0.15, 0.2) is 6.61 Å². The minimum atomic E-state index is -0.338. The molecule has 0 N–H and O–H groups in total. The van der Waals surface area contributed by atoms with Crippen LogP contribution in [-0.2, 0) is 4.79 Å². The number of carbonyl (C=O) groups excluding carboxylic acids is 1. The summed E-state index contributed by atoms with van der Waals surface area (Å²) in [6, 6.07) is 9.83. The summed E-state index contributed by atoms with van der Waals surface area (Å²) in [6.07, 6.45) is 1.58. The molecule has 1 aromatic carbocycles. The second-order valence-electron chi connectivity index (χ2n) is 5.40. The van der Waals surface area contributed by atoms with Gasteiger partial charge in [-0.3, -0.25) is 4.79 Å². The molecule has 1 aliphatic rings.